The molecular weight excluding hydrogens is 400 g/mol. The Morgan fingerprint density at radius 3 is 2.48 bits per heavy atom. The molecule has 1 atom stereocenters. The fourth-order valence-electron chi connectivity index (χ4n) is 4.38. The van der Waals surface area contributed by atoms with Crippen molar-refractivity contribution in [3.63, 3.8) is 0 Å². The molecule has 1 aromatic rings. The van der Waals surface area contributed by atoms with Gasteiger partial charge in [0.2, 0.25) is 17.7 Å². The van der Waals surface area contributed by atoms with Crippen LogP contribution in [0, 0.1) is 6.92 Å². The second-order valence-corrected chi connectivity index (χ2v) is 8.50. The molecule has 0 aliphatic carbocycles. The molecule has 4 amide bonds. The van der Waals surface area contributed by atoms with E-state index in [4.69, 9.17) is 4.74 Å². The van der Waals surface area contributed by atoms with Gasteiger partial charge in [-0.15, -0.1) is 0 Å². The molecule has 3 aliphatic heterocycles. The maximum Gasteiger partial charge on any atom is 0.258 e. The van der Waals surface area contributed by atoms with Crippen LogP contribution >= 0.6 is 0 Å². The molecule has 1 aromatic carbocycles. The summed E-state index contributed by atoms with van der Waals surface area (Å²) >= 11 is 0. The lowest BCUT2D eigenvalue weighted by Gasteiger charge is -2.38. The van der Waals surface area contributed by atoms with Gasteiger partial charge in [-0.25, -0.2) is 0 Å². The average Bonchev–Trinajstić information content (AvgIpc) is 2.89. The summed E-state index contributed by atoms with van der Waals surface area (Å²) in [5, 5.41) is 2.96. The van der Waals surface area contributed by atoms with Crippen molar-refractivity contribution in [3.8, 4) is 5.75 Å². The van der Waals surface area contributed by atoms with E-state index in [2.05, 4.69) is 5.32 Å². The number of benzene rings is 1. The molecule has 0 radical (unpaired) electrons. The lowest BCUT2D eigenvalue weighted by atomic mass is 9.99. The van der Waals surface area contributed by atoms with Crippen LogP contribution in [0.1, 0.15) is 42.1 Å². The van der Waals surface area contributed by atoms with Crippen LogP contribution in [-0.2, 0) is 14.4 Å². The van der Waals surface area contributed by atoms with E-state index in [0.29, 0.717) is 56.9 Å². The lowest BCUT2D eigenvalue weighted by Crippen LogP contribution is -2.56. The number of ether oxygens (including phenoxy) is 1. The second-order valence-electron chi connectivity index (χ2n) is 8.50. The van der Waals surface area contributed by atoms with Gasteiger partial charge in [-0.1, -0.05) is 11.6 Å². The predicted molar refractivity (Wildman–Crippen MR) is 111 cm³/mol. The zero-order chi connectivity index (χ0) is 22.2. The molecule has 4 rings (SSSR count). The Bertz CT molecular complexity index is 924. The number of piperazine rings is 1. The molecule has 0 aromatic heterocycles. The van der Waals surface area contributed by atoms with E-state index >= 15 is 0 Å². The van der Waals surface area contributed by atoms with E-state index in [9.17, 15) is 19.2 Å². The summed E-state index contributed by atoms with van der Waals surface area (Å²) in [5.41, 5.74) is 0.524. The van der Waals surface area contributed by atoms with E-state index < -0.39 is 5.72 Å². The zero-order valence-corrected chi connectivity index (χ0v) is 18.0. The highest BCUT2D eigenvalue weighted by Gasteiger charge is 2.43. The summed E-state index contributed by atoms with van der Waals surface area (Å²) in [6, 6.07) is 5.47. The summed E-state index contributed by atoms with van der Waals surface area (Å²) in [5.74, 6) is 0.0772. The molecule has 1 spiro atoms. The molecule has 166 valence electrons. The quantitative estimate of drug-likeness (QED) is 0.740. The number of nitrogens with one attached hydrogen (secondary N) is 1. The third-order valence-corrected chi connectivity index (χ3v) is 6.31. The molecule has 9 nitrogen and oxygen atoms in total. The minimum atomic E-state index is -0.945. The van der Waals surface area contributed by atoms with E-state index in [0.717, 1.165) is 5.56 Å². The molecule has 1 N–H and O–H groups in total. The van der Waals surface area contributed by atoms with E-state index in [-0.39, 0.29) is 36.6 Å². The number of hydrogen-bond donors (Lipinski definition) is 1. The molecule has 9 heteroatoms. The molecule has 2 saturated heterocycles. The fraction of sp³-hybridized carbons (Fsp3) is 0.545. The molecule has 31 heavy (non-hydrogen) atoms. The van der Waals surface area contributed by atoms with Crippen LogP contribution in [0.2, 0.25) is 0 Å². The van der Waals surface area contributed by atoms with Gasteiger partial charge in [0.1, 0.15) is 5.75 Å². The first-order valence-electron chi connectivity index (χ1n) is 10.7. The third-order valence-electron chi connectivity index (χ3n) is 6.31. The van der Waals surface area contributed by atoms with Crippen molar-refractivity contribution in [2.45, 2.75) is 38.8 Å². The van der Waals surface area contributed by atoms with Crippen LogP contribution in [-0.4, -0.2) is 83.3 Å². The number of carbonyl (C=O) groups excluding carboxylic acids is 4. The van der Waals surface area contributed by atoms with Crippen molar-refractivity contribution >= 4 is 23.6 Å². The average molecular weight is 428 g/mol. The molecule has 3 heterocycles. The monoisotopic (exact) mass is 428 g/mol. The second kappa shape index (κ2) is 8.20. The number of fused-ring (bicyclic) bond motifs is 1. The van der Waals surface area contributed by atoms with Crippen molar-refractivity contribution < 1.29 is 23.9 Å². The van der Waals surface area contributed by atoms with Crippen molar-refractivity contribution in [1.29, 1.82) is 0 Å². The number of amides is 4. The standard InChI is InChI=1S/C22H28N4O5/c1-15-3-4-18-17(13-15)21(30)23-22(31-18)6-5-19(28)26(8-7-22)14-20(29)25-11-9-24(10-12-25)16(2)27/h3-4,13H,5-12,14H2,1-2H3,(H,23,30). The molecular formula is C22H28N4O5. The van der Waals surface area contributed by atoms with Crippen molar-refractivity contribution in [2.75, 3.05) is 39.3 Å². The summed E-state index contributed by atoms with van der Waals surface area (Å²) < 4.78 is 6.17. The van der Waals surface area contributed by atoms with Crippen LogP contribution in [0.5, 0.6) is 5.75 Å². The Hall–Kier alpha value is -3.10. The Kier molecular flexibility index (Phi) is 5.60. The van der Waals surface area contributed by atoms with Crippen LogP contribution in [0.4, 0.5) is 0 Å². The first kappa shape index (κ1) is 21.1. The van der Waals surface area contributed by atoms with Gasteiger partial charge in [0.25, 0.3) is 5.91 Å². The first-order chi connectivity index (χ1) is 14.8. The highest BCUT2D eigenvalue weighted by molar-refractivity contribution is 5.98. The van der Waals surface area contributed by atoms with Crippen molar-refractivity contribution in [1.82, 2.24) is 20.0 Å². The SMILES string of the molecule is CC(=O)N1CCN(C(=O)CN2CCC3(CCC2=O)NC(=O)c2cc(C)ccc2O3)CC1. The van der Waals surface area contributed by atoms with Gasteiger partial charge in [0.15, 0.2) is 5.72 Å². The number of carbonyl (C=O) groups is 4. The maximum atomic E-state index is 12.7. The van der Waals surface area contributed by atoms with Gasteiger partial charge in [-0.05, 0) is 19.1 Å². The Morgan fingerprint density at radius 1 is 1.06 bits per heavy atom. The van der Waals surface area contributed by atoms with Crippen LogP contribution in [0.25, 0.3) is 0 Å². The Morgan fingerprint density at radius 2 is 1.77 bits per heavy atom. The van der Waals surface area contributed by atoms with Gasteiger partial charge < -0.3 is 24.8 Å². The van der Waals surface area contributed by atoms with Gasteiger partial charge in [0, 0.05) is 58.9 Å². The maximum absolute atomic E-state index is 12.7. The summed E-state index contributed by atoms with van der Waals surface area (Å²) in [4.78, 5) is 54.5. The minimum absolute atomic E-state index is 0.00128. The third kappa shape index (κ3) is 4.35. The van der Waals surface area contributed by atoms with Crippen LogP contribution < -0.4 is 10.1 Å². The molecule has 2 fully saturated rings. The molecule has 0 bridgehead atoms. The molecule has 1 unspecified atom stereocenters. The topological polar surface area (TPSA) is 99.3 Å². The van der Waals surface area contributed by atoms with Crippen molar-refractivity contribution in [2.24, 2.45) is 0 Å². The Balaban J connectivity index is 1.39. The predicted octanol–water partition coefficient (Wildman–Crippen LogP) is 0.517. The van der Waals surface area contributed by atoms with E-state index in [1.165, 1.54) is 6.92 Å². The van der Waals surface area contributed by atoms with Gasteiger partial charge in [-0.2, -0.15) is 0 Å². The lowest BCUT2D eigenvalue weighted by molar-refractivity contribution is -0.143. The normalized spacial score (nSPS) is 23.7. The largest absolute Gasteiger partial charge is 0.467 e. The van der Waals surface area contributed by atoms with Gasteiger partial charge >= 0.3 is 0 Å². The van der Waals surface area contributed by atoms with Crippen LogP contribution in [0.15, 0.2) is 18.2 Å². The number of nitrogens with zero attached hydrogens (tertiary/aromatic N) is 3. The summed E-state index contributed by atoms with van der Waals surface area (Å²) in [6.07, 6.45) is 0.947. The number of rotatable bonds is 2. The number of likely N-dealkylation sites (tertiary alicyclic amines) is 1. The first-order valence-corrected chi connectivity index (χ1v) is 10.7. The van der Waals surface area contributed by atoms with Crippen LogP contribution in [0.3, 0.4) is 0 Å². The minimum Gasteiger partial charge on any atom is -0.467 e. The summed E-state index contributed by atoms with van der Waals surface area (Å²) in [6.45, 7) is 5.72. The highest BCUT2D eigenvalue weighted by Crippen LogP contribution is 2.34. The zero-order valence-electron chi connectivity index (χ0n) is 18.0. The Labute approximate surface area is 181 Å². The van der Waals surface area contributed by atoms with Crippen molar-refractivity contribution in [3.05, 3.63) is 29.3 Å². The van der Waals surface area contributed by atoms with Gasteiger partial charge in [-0.3, -0.25) is 19.2 Å². The molecule has 3 aliphatic rings. The smallest absolute Gasteiger partial charge is 0.258 e. The highest BCUT2D eigenvalue weighted by atomic mass is 16.5. The van der Waals surface area contributed by atoms with E-state index in [1.54, 1.807) is 26.8 Å². The number of hydrogen-bond acceptors (Lipinski definition) is 5. The fourth-order valence-corrected chi connectivity index (χ4v) is 4.38. The van der Waals surface area contributed by atoms with Gasteiger partial charge in [0.05, 0.1) is 12.1 Å². The summed E-state index contributed by atoms with van der Waals surface area (Å²) in [7, 11) is 0. The molecule has 0 saturated carbocycles. The number of aryl methyl sites for hydroxylation is 1. The van der Waals surface area contributed by atoms with E-state index in [1.807, 2.05) is 13.0 Å².